The van der Waals surface area contributed by atoms with E-state index < -0.39 is 0 Å². The molecule has 0 aromatic carbocycles. The van der Waals surface area contributed by atoms with Gasteiger partial charge in [-0.2, -0.15) is 0 Å². The van der Waals surface area contributed by atoms with Gasteiger partial charge in [0.2, 0.25) is 0 Å². The normalized spacial score (nSPS) is 16.8. The average Bonchev–Trinajstić information content (AvgIpc) is 2.86. The van der Waals surface area contributed by atoms with Crippen LogP contribution in [0.1, 0.15) is 69.5 Å². The Kier molecular flexibility index (Phi) is 6.78. The molecule has 0 unspecified atom stereocenters. The van der Waals surface area contributed by atoms with E-state index in [1.165, 1.54) is 44.1 Å². The topological polar surface area (TPSA) is 28.4 Å². The summed E-state index contributed by atoms with van der Waals surface area (Å²) in [5, 5.41) is 3.46. The third-order valence-corrected chi connectivity index (χ3v) is 4.67. The Morgan fingerprint density at radius 3 is 2.67 bits per heavy atom. The lowest BCUT2D eigenvalue weighted by Crippen LogP contribution is -2.35. The Morgan fingerprint density at radius 2 is 2.00 bits per heavy atom. The van der Waals surface area contributed by atoms with E-state index in [4.69, 9.17) is 4.42 Å². The molecule has 2 rings (SSSR count). The molecule has 0 saturated heterocycles. The van der Waals surface area contributed by atoms with Crippen molar-refractivity contribution in [3.05, 3.63) is 23.2 Å². The predicted octanol–water partition coefficient (Wildman–Crippen LogP) is 4.24. The van der Waals surface area contributed by atoms with Crippen LogP contribution >= 0.6 is 0 Å². The Bertz CT molecular complexity index is 407. The third-order valence-electron chi connectivity index (χ3n) is 4.67. The highest BCUT2D eigenvalue weighted by molar-refractivity contribution is 5.20. The van der Waals surface area contributed by atoms with Crippen LogP contribution in [0.3, 0.4) is 0 Å². The summed E-state index contributed by atoms with van der Waals surface area (Å²) in [6.07, 6.45) is 8.10. The molecule has 0 atom stereocenters. The highest BCUT2D eigenvalue weighted by Gasteiger charge is 2.21. The van der Waals surface area contributed by atoms with Gasteiger partial charge in [0, 0.05) is 18.2 Å². The van der Waals surface area contributed by atoms with E-state index in [0.717, 1.165) is 43.7 Å². The molecule has 120 valence electrons. The maximum atomic E-state index is 5.99. The van der Waals surface area contributed by atoms with Gasteiger partial charge in [0.25, 0.3) is 0 Å². The Labute approximate surface area is 130 Å². The number of rotatable bonds is 8. The van der Waals surface area contributed by atoms with E-state index in [9.17, 15) is 0 Å². The van der Waals surface area contributed by atoms with Gasteiger partial charge in [0.1, 0.15) is 11.5 Å². The van der Waals surface area contributed by atoms with Gasteiger partial charge < -0.3 is 9.73 Å². The van der Waals surface area contributed by atoms with Gasteiger partial charge in [-0.3, -0.25) is 4.90 Å². The van der Waals surface area contributed by atoms with Crippen LogP contribution in [-0.2, 0) is 13.1 Å². The van der Waals surface area contributed by atoms with Crippen LogP contribution in [0.2, 0.25) is 0 Å². The Hall–Kier alpha value is -0.800. The lowest BCUT2D eigenvalue weighted by Gasteiger charge is -2.32. The first kappa shape index (κ1) is 16.6. The molecule has 1 aliphatic carbocycles. The van der Waals surface area contributed by atoms with Crippen molar-refractivity contribution < 1.29 is 4.42 Å². The molecule has 0 amide bonds. The van der Waals surface area contributed by atoms with Crippen LogP contribution in [-0.4, -0.2) is 24.0 Å². The summed E-state index contributed by atoms with van der Waals surface area (Å²) in [5.41, 5.74) is 1.32. The zero-order valence-corrected chi connectivity index (χ0v) is 14.1. The number of aryl methyl sites for hydroxylation is 1. The maximum Gasteiger partial charge on any atom is 0.118 e. The minimum atomic E-state index is 0.760. The molecular formula is C18H32N2O. The Balaban J connectivity index is 1.92. The number of hydrogen-bond acceptors (Lipinski definition) is 3. The van der Waals surface area contributed by atoms with Gasteiger partial charge in [-0.1, -0.05) is 33.1 Å². The van der Waals surface area contributed by atoms with E-state index in [-0.39, 0.29) is 0 Å². The standard InChI is InChI=1S/C18H32N2O/c1-4-11-19-13-16-12-18(21-15(16)3)14-20(5-2)17-9-7-6-8-10-17/h12,17,19H,4-11,13-14H2,1-3H3. The molecule has 1 fully saturated rings. The lowest BCUT2D eigenvalue weighted by molar-refractivity contribution is 0.145. The maximum absolute atomic E-state index is 5.99. The van der Waals surface area contributed by atoms with Crippen molar-refractivity contribution in [2.24, 2.45) is 0 Å². The molecule has 1 aromatic rings. The molecule has 3 heteroatoms. The molecule has 0 aliphatic heterocycles. The predicted molar refractivity (Wildman–Crippen MR) is 88.4 cm³/mol. The molecule has 1 N–H and O–H groups in total. The van der Waals surface area contributed by atoms with Gasteiger partial charge in [-0.05, 0) is 45.3 Å². The first-order chi connectivity index (χ1) is 10.2. The van der Waals surface area contributed by atoms with Crippen molar-refractivity contribution in [3.8, 4) is 0 Å². The summed E-state index contributed by atoms with van der Waals surface area (Å²) in [4.78, 5) is 2.60. The van der Waals surface area contributed by atoms with Gasteiger partial charge in [-0.25, -0.2) is 0 Å². The van der Waals surface area contributed by atoms with Crippen molar-refractivity contribution >= 4 is 0 Å². The van der Waals surface area contributed by atoms with Crippen molar-refractivity contribution in [1.29, 1.82) is 0 Å². The van der Waals surface area contributed by atoms with Crippen LogP contribution in [0.4, 0.5) is 0 Å². The van der Waals surface area contributed by atoms with Crippen LogP contribution in [0.25, 0.3) is 0 Å². The van der Waals surface area contributed by atoms with Crippen molar-refractivity contribution in [1.82, 2.24) is 10.2 Å². The first-order valence-electron chi connectivity index (χ1n) is 8.77. The summed E-state index contributed by atoms with van der Waals surface area (Å²) in [5.74, 6) is 2.21. The van der Waals surface area contributed by atoms with Gasteiger partial charge in [0.15, 0.2) is 0 Å². The largest absolute Gasteiger partial charge is 0.465 e. The molecule has 0 spiro atoms. The molecule has 21 heavy (non-hydrogen) atoms. The fraction of sp³-hybridized carbons (Fsp3) is 0.778. The summed E-state index contributed by atoms with van der Waals surface area (Å²) in [7, 11) is 0. The van der Waals surface area contributed by atoms with E-state index in [1.807, 2.05) is 0 Å². The lowest BCUT2D eigenvalue weighted by atomic mass is 9.94. The van der Waals surface area contributed by atoms with Crippen LogP contribution in [0.5, 0.6) is 0 Å². The molecule has 0 bridgehead atoms. The smallest absolute Gasteiger partial charge is 0.118 e. The van der Waals surface area contributed by atoms with E-state index in [1.54, 1.807) is 0 Å². The zero-order chi connectivity index (χ0) is 15.1. The van der Waals surface area contributed by atoms with Crippen LogP contribution in [0, 0.1) is 6.92 Å². The minimum absolute atomic E-state index is 0.760. The number of nitrogens with zero attached hydrogens (tertiary/aromatic N) is 1. The number of furan rings is 1. The molecular weight excluding hydrogens is 260 g/mol. The fourth-order valence-electron chi connectivity index (χ4n) is 3.39. The summed E-state index contributed by atoms with van der Waals surface area (Å²) in [6, 6.07) is 3.01. The fourth-order valence-corrected chi connectivity index (χ4v) is 3.39. The summed E-state index contributed by atoms with van der Waals surface area (Å²) < 4.78 is 5.99. The summed E-state index contributed by atoms with van der Waals surface area (Å²) >= 11 is 0. The van der Waals surface area contributed by atoms with Crippen LogP contribution < -0.4 is 5.32 Å². The molecule has 0 radical (unpaired) electrons. The SMILES string of the molecule is CCCNCc1cc(CN(CC)C2CCCCC2)oc1C. The van der Waals surface area contributed by atoms with Gasteiger partial charge in [-0.15, -0.1) is 0 Å². The van der Waals surface area contributed by atoms with Crippen molar-refractivity contribution in [2.75, 3.05) is 13.1 Å². The van der Waals surface area contributed by atoms with Crippen molar-refractivity contribution in [2.45, 2.75) is 78.4 Å². The molecule has 1 aromatic heterocycles. The van der Waals surface area contributed by atoms with E-state index in [2.05, 4.69) is 37.1 Å². The molecule has 3 nitrogen and oxygen atoms in total. The monoisotopic (exact) mass is 292 g/mol. The second-order valence-electron chi connectivity index (χ2n) is 6.33. The number of nitrogens with one attached hydrogen (secondary N) is 1. The van der Waals surface area contributed by atoms with Crippen molar-refractivity contribution in [3.63, 3.8) is 0 Å². The molecule has 1 saturated carbocycles. The Morgan fingerprint density at radius 1 is 1.24 bits per heavy atom. The first-order valence-corrected chi connectivity index (χ1v) is 8.77. The number of hydrogen-bond donors (Lipinski definition) is 1. The molecule has 1 heterocycles. The third kappa shape index (κ3) is 4.86. The molecule has 1 aliphatic rings. The second-order valence-corrected chi connectivity index (χ2v) is 6.33. The second kappa shape index (κ2) is 8.60. The zero-order valence-electron chi connectivity index (χ0n) is 14.1. The quantitative estimate of drug-likeness (QED) is 0.726. The average molecular weight is 292 g/mol. The van der Waals surface area contributed by atoms with E-state index in [0.29, 0.717) is 0 Å². The minimum Gasteiger partial charge on any atom is -0.465 e. The van der Waals surface area contributed by atoms with Crippen LogP contribution in [0.15, 0.2) is 10.5 Å². The van der Waals surface area contributed by atoms with Gasteiger partial charge >= 0.3 is 0 Å². The highest BCUT2D eigenvalue weighted by atomic mass is 16.3. The highest BCUT2D eigenvalue weighted by Crippen LogP contribution is 2.25. The van der Waals surface area contributed by atoms with Gasteiger partial charge in [0.05, 0.1) is 6.54 Å². The summed E-state index contributed by atoms with van der Waals surface area (Å²) in [6.45, 7) is 10.6. The van der Waals surface area contributed by atoms with E-state index >= 15 is 0 Å².